The minimum atomic E-state index is 0. The fourth-order valence-electron chi connectivity index (χ4n) is 3.05. The lowest BCUT2D eigenvalue weighted by atomic mass is 9.92. The summed E-state index contributed by atoms with van der Waals surface area (Å²) in [6.45, 7) is 5.64. The molecule has 2 aromatic rings. The highest BCUT2D eigenvalue weighted by Gasteiger charge is 2.24. The number of aryl methyl sites for hydroxylation is 1. The summed E-state index contributed by atoms with van der Waals surface area (Å²) in [7, 11) is 0. The monoisotopic (exact) mass is 337 g/mol. The normalized spacial score (nSPS) is 21.0. The van der Waals surface area contributed by atoms with Crippen molar-refractivity contribution in [3.05, 3.63) is 29.7 Å². The summed E-state index contributed by atoms with van der Waals surface area (Å²) >= 11 is 0. The van der Waals surface area contributed by atoms with Crippen molar-refractivity contribution in [2.45, 2.75) is 39.2 Å². The minimum Gasteiger partial charge on any atom is -0.441 e. The summed E-state index contributed by atoms with van der Waals surface area (Å²) in [6.07, 6.45) is 2.45. The zero-order valence-electron chi connectivity index (χ0n) is 13.6. The van der Waals surface area contributed by atoms with Gasteiger partial charge in [-0.3, -0.25) is 4.79 Å². The Morgan fingerprint density at radius 1 is 1.48 bits per heavy atom. The maximum absolute atomic E-state index is 12.2. The fourth-order valence-corrected chi connectivity index (χ4v) is 3.05. The van der Waals surface area contributed by atoms with E-state index in [2.05, 4.69) is 22.5 Å². The average molecular weight is 338 g/mol. The molecule has 1 aromatic heterocycles. The third kappa shape index (κ3) is 4.24. The van der Waals surface area contributed by atoms with Crippen LogP contribution in [0.1, 0.15) is 31.2 Å². The number of carbonyl (C=O) groups excluding carboxylic acids is 1. The van der Waals surface area contributed by atoms with Gasteiger partial charge in [0, 0.05) is 24.9 Å². The molecule has 0 spiro atoms. The Kier molecular flexibility index (Phi) is 6.02. The van der Waals surface area contributed by atoms with E-state index in [1.54, 1.807) is 0 Å². The molecule has 0 radical (unpaired) electrons. The highest BCUT2D eigenvalue weighted by Crippen LogP contribution is 2.19. The second kappa shape index (κ2) is 7.79. The molecule has 0 aliphatic carbocycles. The molecule has 2 N–H and O–H groups in total. The number of benzene rings is 1. The number of rotatable bonds is 4. The molecule has 3 rings (SSSR count). The van der Waals surface area contributed by atoms with Gasteiger partial charge in [0.25, 0.3) is 0 Å². The van der Waals surface area contributed by atoms with E-state index in [9.17, 15) is 4.79 Å². The molecule has 0 bridgehead atoms. The molecule has 23 heavy (non-hydrogen) atoms. The van der Waals surface area contributed by atoms with E-state index in [0.29, 0.717) is 24.9 Å². The molecule has 2 heterocycles. The molecule has 126 valence electrons. The van der Waals surface area contributed by atoms with Gasteiger partial charge in [-0.15, -0.1) is 12.4 Å². The number of carbonyl (C=O) groups is 1. The smallest absolute Gasteiger partial charge is 0.223 e. The molecule has 5 nitrogen and oxygen atoms in total. The average Bonchev–Trinajstić information content (AvgIpc) is 2.91. The number of oxazole rings is 1. The summed E-state index contributed by atoms with van der Waals surface area (Å²) in [5.74, 6) is 0.964. The van der Waals surface area contributed by atoms with Crippen molar-refractivity contribution in [2.75, 3.05) is 13.1 Å². The molecule has 1 amide bonds. The number of nitrogens with one attached hydrogen (secondary N) is 2. The van der Waals surface area contributed by atoms with Crippen LogP contribution in [0.4, 0.5) is 0 Å². The Morgan fingerprint density at radius 3 is 3.04 bits per heavy atom. The predicted molar refractivity (Wildman–Crippen MR) is 92.9 cm³/mol. The Morgan fingerprint density at radius 2 is 2.30 bits per heavy atom. The summed E-state index contributed by atoms with van der Waals surface area (Å²) in [5, 5.41) is 6.38. The van der Waals surface area contributed by atoms with Crippen molar-refractivity contribution >= 4 is 29.4 Å². The van der Waals surface area contributed by atoms with E-state index in [1.165, 1.54) is 0 Å². The SMILES string of the molecule is Cc1cccc2oc(CCNC(=O)[C@H]3CCN[C@@H](C)C3)nc12.Cl. The number of fused-ring (bicyclic) bond motifs is 1. The second-order valence-electron chi connectivity index (χ2n) is 6.15. The van der Waals surface area contributed by atoms with Crippen molar-refractivity contribution in [1.82, 2.24) is 15.6 Å². The highest BCUT2D eigenvalue weighted by molar-refractivity contribution is 5.85. The number of para-hydroxylation sites is 1. The first kappa shape index (κ1) is 17.8. The Labute approximate surface area is 142 Å². The van der Waals surface area contributed by atoms with Gasteiger partial charge >= 0.3 is 0 Å². The molecule has 6 heteroatoms. The highest BCUT2D eigenvalue weighted by atomic mass is 35.5. The first-order valence-electron chi connectivity index (χ1n) is 7.99. The van der Waals surface area contributed by atoms with Crippen LogP contribution in [0.2, 0.25) is 0 Å². The lowest BCUT2D eigenvalue weighted by Gasteiger charge is -2.27. The second-order valence-corrected chi connectivity index (χ2v) is 6.15. The molecule has 0 saturated carbocycles. The number of nitrogens with zero attached hydrogens (tertiary/aromatic N) is 1. The van der Waals surface area contributed by atoms with Crippen LogP contribution < -0.4 is 10.6 Å². The third-order valence-electron chi connectivity index (χ3n) is 4.30. The lowest BCUT2D eigenvalue weighted by molar-refractivity contribution is -0.126. The van der Waals surface area contributed by atoms with Crippen LogP contribution in [0.15, 0.2) is 22.6 Å². The van der Waals surface area contributed by atoms with Crippen molar-refractivity contribution in [1.29, 1.82) is 0 Å². The van der Waals surface area contributed by atoms with Gasteiger partial charge in [-0.1, -0.05) is 12.1 Å². The summed E-state index contributed by atoms with van der Waals surface area (Å²) in [6, 6.07) is 6.33. The van der Waals surface area contributed by atoms with Crippen LogP contribution in [0, 0.1) is 12.8 Å². The molecule has 0 unspecified atom stereocenters. The van der Waals surface area contributed by atoms with Crippen molar-refractivity contribution in [3.8, 4) is 0 Å². The van der Waals surface area contributed by atoms with Gasteiger partial charge in [-0.2, -0.15) is 0 Å². The van der Waals surface area contributed by atoms with E-state index in [1.807, 2.05) is 25.1 Å². The quantitative estimate of drug-likeness (QED) is 0.900. The molecule has 1 saturated heterocycles. The first-order valence-corrected chi connectivity index (χ1v) is 7.99. The van der Waals surface area contributed by atoms with Gasteiger partial charge in [0.2, 0.25) is 5.91 Å². The van der Waals surface area contributed by atoms with E-state index in [-0.39, 0.29) is 24.2 Å². The van der Waals surface area contributed by atoms with Crippen LogP contribution in [-0.4, -0.2) is 30.0 Å². The standard InChI is InChI=1S/C17H23N3O2.ClH/c1-11-4-3-5-14-16(11)20-15(22-14)7-9-19-17(21)13-6-8-18-12(2)10-13;/h3-5,12-13,18H,6-10H2,1-2H3,(H,19,21);1H/t12-,13-;/m0./s1. The molecule has 1 aliphatic rings. The van der Waals surface area contributed by atoms with Gasteiger partial charge in [0.05, 0.1) is 0 Å². The zero-order chi connectivity index (χ0) is 15.5. The van der Waals surface area contributed by atoms with Crippen molar-refractivity contribution in [2.24, 2.45) is 5.92 Å². The van der Waals surface area contributed by atoms with E-state index >= 15 is 0 Å². The largest absolute Gasteiger partial charge is 0.441 e. The van der Waals surface area contributed by atoms with E-state index in [0.717, 1.165) is 36.0 Å². The molecular weight excluding hydrogens is 314 g/mol. The third-order valence-corrected chi connectivity index (χ3v) is 4.30. The summed E-state index contributed by atoms with van der Waals surface area (Å²) < 4.78 is 5.72. The first-order chi connectivity index (χ1) is 10.6. The predicted octanol–water partition coefficient (Wildman–Crippen LogP) is 2.60. The van der Waals surface area contributed by atoms with Crippen molar-refractivity contribution in [3.63, 3.8) is 0 Å². The van der Waals surface area contributed by atoms with Crippen LogP contribution in [0.5, 0.6) is 0 Å². The summed E-state index contributed by atoms with van der Waals surface area (Å²) in [4.78, 5) is 16.7. The van der Waals surface area contributed by atoms with Crippen LogP contribution >= 0.6 is 12.4 Å². The molecule has 1 aromatic carbocycles. The van der Waals surface area contributed by atoms with Gasteiger partial charge in [-0.25, -0.2) is 4.98 Å². The van der Waals surface area contributed by atoms with Crippen molar-refractivity contribution < 1.29 is 9.21 Å². The van der Waals surface area contributed by atoms with E-state index in [4.69, 9.17) is 4.42 Å². The number of halogens is 1. The Hall–Kier alpha value is -1.59. The number of hydrogen-bond donors (Lipinski definition) is 2. The lowest BCUT2D eigenvalue weighted by Crippen LogP contribution is -2.42. The fraction of sp³-hybridized carbons (Fsp3) is 0.529. The van der Waals surface area contributed by atoms with Gasteiger partial charge in [0.1, 0.15) is 5.52 Å². The molecule has 2 atom stereocenters. The maximum Gasteiger partial charge on any atom is 0.223 e. The Bertz CT molecular complexity index is 671. The summed E-state index contributed by atoms with van der Waals surface area (Å²) in [5.41, 5.74) is 2.84. The maximum atomic E-state index is 12.2. The van der Waals surface area contributed by atoms with Crippen LogP contribution in [0.25, 0.3) is 11.1 Å². The van der Waals surface area contributed by atoms with Gasteiger partial charge in [0.15, 0.2) is 11.5 Å². The Balaban J connectivity index is 0.00000192. The number of aromatic nitrogens is 1. The number of amides is 1. The minimum absolute atomic E-state index is 0. The number of hydrogen-bond acceptors (Lipinski definition) is 4. The topological polar surface area (TPSA) is 67.2 Å². The molecule has 1 aliphatic heterocycles. The van der Waals surface area contributed by atoms with Gasteiger partial charge in [-0.05, 0) is 44.9 Å². The zero-order valence-corrected chi connectivity index (χ0v) is 14.4. The molecule has 1 fully saturated rings. The van der Waals surface area contributed by atoms with E-state index < -0.39 is 0 Å². The van der Waals surface area contributed by atoms with Crippen LogP contribution in [-0.2, 0) is 11.2 Å². The van der Waals surface area contributed by atoms with Crippen LogP contribution in [0.3, 0.4) is 0 Å². The number of piperidine rings is 1. The van der Waals surface area contributed by atoms with Gasteiger partial charge < -0.3 is 15.1 Å². The molecular formula is C17H24ClN3O2.